The predicted molar refractivity (Wildman–Crippen MR) is 90.3 cm³/mol. The molecule has 3 aromatic rings. The van der Waals surface area contributed by atoms with E-state index in [0.717, 1.165) is 26.7 Å². The number of thiazole rings is 2. The third-order valence-electron chi connectivity index (χ3n) is 3.00. The Hall–Kier alpha value is -1.99. The lowest BCUT2D eigenvalue weighted by atomic mass is 10.3. The van der Waals surface area contributed by atoms with Gasteiger partial charge in [0, 0.05) is 0 Å². The molecule has 0 bridgehead atoms. The first-order valence-electron chi connectivity index (χ1n) is 6.85. The summed E-state index contributed by atoms with van der Waals surface area (Å²) < 4.78 is 6.46. The van der Waals surface area contributed by atoms with Crippen LogP contribution in [0.5, 0.6) is 5.75 Å². The molecule has 0 spiro atoms. The molecule has 3 rings (SSSR count). The van der Waals surface area contributed by atoms with Crippen LogP contribution in [0.3, 0.4) is 0 Å². The van der Waals surface area contributed by atoms with E-state index in [4.69, 9.17) is 4.74 Å². The van der Waals surface area contributed by atoms with E-state index in [1.807, 2.05) is 39.0 Å². The first kappa shape index (κ1) is 14.9. The van der Waals surface area contributed by atoms with Crippen LogP contribution in [0, 0.1) is 13.8 Å². The Balaban J connectivity index is 1.84. The molecule has 1 N–H and O–H groups in total. The number of rotatable bonds is 4. The van der Waals surface area contributed by atoms with Crippen molar-refractivity contribution in [2.24, 2.45) is 0 Å². The number of hydrogen-bond acceptors (Lipinski definition) is 6. The average molecular weight is 333 g/mol. The largest absolute Gasteiger partial charge is 0.494 e. The third kappa shape index (κ3) is 2.95. The van der Waals surface area contributed by atoms with Gasteiger partial charge in [0.2, 0.25) is 0 Å². The second-order valence-corrected chi connectivity index (χ2v) is 6.92. The number of nitrogens with one attached hydrogen (secondary N) is 1. The Labute approximate surface area is 136 Å². The molecule has 7 heteroatoms. The molecule has 0 unspecified atom stereocenters. The maximum absolute atomic E-state index is 12.3. The van der Waals surface area contributed by atoms with Crippen molar-refractivity contribution in [3.63, 3.8) is 0 Å². The van der Waals surface area contributed by atoms with Gasteiger partial charge in [-0.25, -0.2) is 9.97 Å². The second-order valence-electron chi connectivity index (χ2n) is 4.68. The number of hydrogen-bond donors (Lipinski definition) is 1. The highest BCUT2D eigenvalue weighted by molar-refractivity contribution is 7.22. The molecule has 2 heterocycles. The summed E-state index contributed by atoms with van der Waals surface area (Å²) in [6.45, 7) is 6.30. The Morgan fingerprint density at radius 1 is 1.27 bits per heavy atom. The Morgan fingerprint density at radius 3 is 2.77 bits per heavy atom. The fraction of sp³-hybridized carbons (Fsp3) is 0.267. The van der Waals surface area contributed by atoms with Gasteiger partial charge in [-0.2, -0.15) is 0 Å². The zero-order valence-electron chi connectivity index (χ0n) is 12.5. The standard InChI is InChI=1S/C15H15N3O2S2/c1-4-20-10-5-6-11-12(7-10)22-15(17-11)18-14(19)13-8(2)16-9(3)21-13/h5-7H,4H2,1-3H3,(H,17,18,19). The van der Waals surface area contributed by atoms with Crippen molar-refractivity contribution >= 4 is 43.9 Å². The van der Waals surface area contributed by atoms with E-state index in [-0.39, 0.29) is 5.91 Å². The first-order chi connectivity index (χ1) is 10.6. The second kappa shape index (κ2) is 6.02. The Kier molecular flexibility index (Phi) is 4.08. The molecule has 114 valence electrons. The summed E-state index contributed by atoms with van der Waals surface area (Å²) in [5, 5.41) is 4.32. The van der Waals surface area contributed by atoms with Crippen molar-refractivity contribution in [3.8, 4) is 5.75 Å². The minimum absolute atomic E-state index is 0.160. The maximum Gasteiger partial charge on any atom is 0.269 e. The first-order valence-corrected chi connectivity index (χ1v) is 8.49. The molecule has 0 aliphatic rings. The number of ether oxygens (including phenoxy) is 1. The number of aromatic nitrogens is 2. The van der Waals surface area contributed by atoms with Gasteiger partial charge in [0.05, 0.1) is 27.5 Å². The van der Waals surface area contributed by atoms with E-state index in [0.29, 0.717) is 16.6 Å². The summed E-state index contributed by atoms with van der Waals surface area (Å²) in [6.07, 6.45) is 0. The molecular formula is C15H15N3O2S2. The van der Waals surface area contributed by atoms with Crippen molar-refractivity contribution in [2.45, 2.75) is 20.8 Å². The van der Waals surface area contributed by atoms with Gasteiger partial charge in [-0.1, -0.05) is 11.3 Å². The highest BCUT2D eigenvalue weighted by Gasteiger charge is 2.15. The monoisotopic (exact) mass is 333 g/mol. The summed E-state index contributed by atoms with van der Waals surface area (Å²) in [6, 6.07) is 5.72. The van der Waals surface area contributed by atoms with E-state index < -0.39 is 0 Å². The Morgan fingerprint density at radius 2 is 2.09 bits per heavy atom. The van der Waals surface area contributed by atoms with Crippen molar-refractivity contribution in [3.05, 3.63) is 33.8 Å². The summed E-state index contributed by atoms with van der Waals surface area (Å²) >= 11 is 2.83. The van der Waals surface area contributed by atoms with Crippen LogP contribution in [0.2, 0.25) is 0 Å². The number of anilines is 1. The molecule has 5 nitrogen and oxygen atoms in total. The van der Waals surface area contributed by atoms with E-state index in [2.05, 4.69) is 15.3 Å². The van der Waals surface area contributed by atoms with Crippen LogP contribution in [0.4, 0.5) is 5.13 Å². The highest BCUT2D eigenvalue weighted by Crippen LogP contribution is 2.30. The quantitative estimate of drug-likeness (QED) is 0.783. The van der Waals surface area contributed by atoms with Gasteiger partial charge < -0.3 is 4.74 Å². The van der Waals surface area contributed by atoms with Crippen molar-refractivity contribution in [1.82, 2.24) is 9.97 Å². The van der Waals surface area contributed by atoms with Crippen LogP contribution in [-0.4, -0.2) is 22.5 Å². The smallest absolute Gasteiger partial charge is 0.269 e. The van der Waals surface area contributed by atoms with Crippen LogP contribution in [0.15, 0.2) is 18.2 Å². The van der Waals surface area contributed by atoms with Crippen molar-refractivity contribution in [1.29, 1.82) is 0 Å². The zero-order chi connectivity index (χ0) is 15.7. The van der Waals surface area contributed by atoms with Crippen molar-refractivity contribution in [2.75, 3.05) is 11.9 Å². The number of aryl methyl sites for hydroxylation is 2. The van der Waals surface area contributed by atoms with Gasteiger partial charge in [-0.05, 0) is 39.0 Å². The molecular weight excluding hydrogens is 318 g/mol. The van der Waals surface area contributed by atoms with Gasteiger partial charge in [0.15, 0.2) is 5.13 Å². The highest BCUT2D eigenvalue weighted by atomic mass is 32.1. The summed E-state index contributed by atoms with van der Waals surface area (Å²) in [5.74, 6) is 0.651. The van der Waals surface area contributed by atoms with Crippen LogP contribution in [-0.2, 0) is 0 Å². The topological polar surface area (TPSA) is 64.1 Å². The molecule has 0 radical (unpaired) electrons. The van der Waals surface area contributed by atoms with E-state index in [1.165, 1.54) is 22.7 Å². The summed E-state index contributed by atoms with van der Waals surface area (Å²) in [7, 11) is 0. The summed E-state index contributed by atoms with van der Waals surface area (Å²) in [4.78, 5) is 21.6. The van der Waals surface area contributed by atoms with Crippen LogP contribution >= 0.6 is 22.7 Å². The normalized spacial score (nSPS) is 10.9. The molecule has 2 aromatic heterocycles. The van der Waals surface area contributed by atoms with E-state index in [9.17, 15) is 4.79 Å². The number of benzene rings is 1. The van der Waals surface area contributed by atoms with Gasteiger partial charge in [0.1, 0.15) is 10.6 Å². The van der Waals surface area contributed by atoms with Gasteiger partial charge >= 0.3 is 0 Å². The lowest BCUT2D eigenvalue weighted by Crippen LogP contribution is -2.11. The fourth-order valence-electron chi connectivity index (χ4n) is 2.11. The minimum atomic E-state index is -0.160. The number of amides is 1. The molecule has 0 saturated heterocycles. The SMILES string of the molecule is CCOc1ccc2nc(NC(=O)c3sc(C)nc3C)sc2c1. The molecule has 0 aliphatic carbocycles. The van der Waals surface area contributed by atoms with Crippen LogP contribution in [0.1, 0.15) is 27.3 Å². The lowest BCUT2D eigenvalue weighted by Gasteiger charge is -2.00. The molecule has 1 aromatic carbocycles. The predicted octanol–water partition coefficient (Wildman–Crippen LogP) is 4.02. The van der Waals surface area contributed by atoms with Crippen molar-refractivity contribution < 1.29 is 9.53 Å². The zero-order valence-corrected chi connectivity index (χ0v) is 14.1. The lowest BCUT2D eigenvalue weighted by molar-refractivity contribution is 0.103. The van der Waals surface area contributed by atoms with E-state index in [1.54, 1.807) is 0 Å². The maximum atomic E-state index is 12.3. The molecule has 0 saturated carbocycles. The fourth-order valence-corrected chi connectivity index (χ4v) is 3.82. The van der Waals surface area contributed by atoms with Gasteiger partial charge in [0.25, 0.3) is 5.91 Å². The molecule has 1 amide bonds. The number of carbonyl (C=O) groups is 1. The molecule has 0 atom stereocenters. The molecule has 22 heavy (non-hydrogen) atoms. The van der Waals surface area contributed by atoms with Crippen LogP contribution < -0.4 is 10.1 Å². The molecule has 0 aliphatic heterocycles. The van der Waals surface area contributed by atoms with E-state index >= 15 is 0 Å². The van der Waals surface area contributed by atoms with Gasteiger partial charge in [-0.15, -0.1) is 11.3 Å². The van der Waals surface area contributed by atoms with Crippen LogP contribution in [0.25, 0.3) is 10.2 Å². The average Bonchev–Trinajstić information content (AvgIpc) is 3.01. The van der Waals surface area contributed by atoms with Gasteiger partial charge in [-0.3, -0.25) is 10.1 Å². The number of carbonyl (C=O) groups excluding carboxylic acids is 1. The number of fused-ring (bicyclic) bond motifs is 1. The third-order valence-corrected chi connectivity index (χ3v) is 5.01. The molecule has 0 fully saturated rings. The Bertz CT molecular complexity index is 839. The minimum Gasteiger partial charge on any atom is -0.494 e. The summed E-state index contributed by atoms with van der Waals surface area (Å²) in [5.41, 5.74) is 1.60. The number of nitrogens with zero attached hydrogens (tertiary/aromatic N) is 2.